The molecule has 1 aliphatic rings. The van der Waals surface area contributed by atoms with Crippen LogP contribution in [0.2, 0.25) is 0 Å². The first-order valence-corrected chi connectivity index (χ1v) is 5.86. The van der Waals surface area contributed by atoms with Crippen LogP contribution >= 0.6 is 0 Å². The van der Waals surface area contributed by atoms with Crippen LogP contribution in [-0.2, 0) is 4.74 Å². The Hall–Kier alpha value is -1.62. The zero-order valence-electron chi connectivity index (χ0n) is 10.1. The van der Waals surface area contributed by atoms with Crippen molar-refractivity contribution in [1.82, 2.24) is 15.0 Å². The van der Waals surface area contributed by atoms with Crippen molar-refractivity contribution < 1.29 is 4.74 Å². The number of anilines is 1. The maximum Gasteiger partial charge on any atom is 0.143 e. The average molecular weight is 232 g/mol. The highest BCUT2D eigenvalue weighted by molar-refractivity contribution is 5.87. The number of nitrogens with one attached hydrogen (secondary N) is 1. The monoisotopic (exact) mass is 232 g/mol. The van der Waals surface area contributed by atoms with Gasteiger partial charge in [-0.25, -0.2) is 9.97 Å². The maximum atomic E-state index is 5.40. The first kappa shape index (κ1) is 10.5. The smallest absolute Gasteiger partial charge is 0.143 e. The van der Waals surface area contributed by atoms with Crippen LogP contribution in [0.25, 0.3) is 11.0 Å². The van der Waals surface area contributed by atoms with Crippen LogP contribution in [-0.4, -0.2) is 42.3 Å². The third-order valence-electron chi connectivity index (χ3n) is 3.13. The number of ether oxygens (including phenoxy) is 1. The third kappa shape index (κ3) is 1.76. The molecule has 1 aliphatic heterocycles. The fourth-order valence-corrected chi connectivity index (χ4v) is 2.20. The summed E-state index contributed by atoms with van der Waals surface area (Å²) in [6, 6.07) is 2.01. The van der Waals surface area contributed by atoms with Crippen LogP contribution in [0.4, 0.5) is 5.82 Å². The second-order valence-electron chi connectivity index (χ2n) is 4.60. The first-order chi connectivity index (χ1) is 8.25. The summed E-state index contributed by atoms with van der Waals surface area (Å²) in [5.41, 5.74) is 0.908. The highest BCUT2D eigenvalue weighted by Gasteiger charge is 2.22. The van der Waals surface area contributed by atoms with Gasteiger partial charge in [-0.15, -0.1) is 0 Å². The zero-order valence-corrected chi connectivity index (χ0v) is 10.1. The Bertz CT molecular complexity index is 528. The van der Waals surface area contributed by atoms with E-state index in [0.717, 1.165) is 42.3 Å². The average Bonchev–Trinajstić information content (AvgIpc) is 2.98. The summed E-state index contributed by atoms with van der Waals surface area (Å²) < 4.78 is 5.40. The molecule has 1 saturated heterocycles. The lowest BCUT2D eigenvalue weighted by Gasteiger charge is -2.15. The molecule has 17 heavy (non-hydrogen) atoms. The van der Waals surface area contributed by atoms with Gasteiger partial charge >= 0.3 is 0 Å². The lowest BCUT2D eigenvalue weighted by molar-refractivity contribution is 0.193. The summed E-state index contributed by atoms with van der Waals surface area (Å²) in [5, 5.41) is 1.07. The molecule has 2 aromatic heterocycles. The van der Waals surface area contributed by atoms with E-state index in [1.54, 1.807) is 0 Å². The Morgan fingerprint density at radius 1 is 1.41 bits per heavy atom. The molecule has 0 amide bonds. The lowest BCUT2D eigenvalue weighted by atomic mass is 10.1. The molecule has 0 aliphatic carbocycles. The number of fused-ring (bicyclic) bond motifs is 1. The first-order valence-electron chi connectivity index (χ1n) is 5.86. The van der Waals surface area contributed by atoms with Crippen LogP contribution in [0.3, 0.4) is 0 Å². The van der Waals surface area contributed by atoms with Crippen molar-refractivity contribution in [2.24, 2.45) is 0 Å². The molecule has 5 nitrogen and oxygen atoms in total. The summed E-state index contributed by atoms with van der Waals surface area (Å²) in [6.07, 6.45) is 2.92. The number of nitrogens with zero attached hydrogens (tertiary/aromatic N) is 3. The summed E-state index contributed by atoms with van der Waals surface area (Å²) in [4.78, 5) is 14.4. The van der Waals surface area contributed by atoms with Gasteiger partial charge in [0.25, 0.3) is 0 Å². The van der Waals surface area contributed by atoms with Crippen molar-refractivity contribution in [2.45, 2.75) is 12.3 Å². The number of aromatic nitrogens is 3. The third-order valence-corrected chi connectivity index (χ3v) is 3.13. The highest BCUT2D eigenvalue weighted by atomic mass is 16.5. The Balaban J connectivity index is 2.12. The molecule has 1 atom stereocenters. The van der Waals surface area contributed by atoms with Crippen LogP contribution < -0.4 is 4.90 Å². The molecule has 0 bridgehead atoms. The topological polar surface area (TPSA) is 54.0 Å². The predicted octanol–water partition coefficient (Wildman–Crippen LogP) is 1.53. The molecule has 0 aromatic carbocycles. The van der Waals surface area contributed by atoms with Crippen molar-refractivity contribution >= 4 is 16.9 Å². The number of aromatic amines is 1. The molecule has 90 valence electrons. The Kier molecular flexibility index (Phi) is 2.48. The molecule has 1 unspecified atom stereocenters. The van der Waals surface area contributed by atoms with E-state index >= 15 is 0 Å². The quantitative estimate of drug-likeness (QED) is 0.853. The fraction of sp³-hybridized carbons (Fsp3) is 0.500. The van der Waals surface area contributed by atoms with Crippen molar-refractivity contribution in [3.05, 3.63) is 18.1 Å². The van der Waals surface area contributed by atoms with Crippen molar-refractivity contribution in [3.63, 3.8) is 0 Å². The van der Waals surface area contributed by atoms with E-state index in [0.29, 0.717) is 5.92 Å². The second kappa shape index (κ2) is 4.00. The molecular weight excluding hydrogens is 216 g/mol. The van der Waals surface area contributed by atoms with E-state index in [-0.39, 0.29) is 0 Å². The highest BCUT2D eigenvalue weighted by Crippen LogP contribution is 2.27. The lowest BCUT2D eigenvalue weighted by Crippen LogP contribution is -2.14. The van der Waals surface area contributed by atoms with Crippen LogP contribution in [0.1, 0.15) is 18.2 Å². The predicted molar refractivity (Wildman–Crippen MR) is 66.4 cm³/mol. The van der Waals surface area contributed by atoms with Gasteiger partial charge in [0.2, 0.25) is 0 Å². The van der Waals surface area contributed by atoms with E-state index in [4.69, 9.17) is 4.74 Å². The Labute approximate surface area is 99.8 Å². The fourth-order valence-electron chi connectivity index (χ4n) is 2.20. The summed E-state index contributed by atoms with van der Waals surface area (Å²) >= 11 is 0. The number of H-pyrrole nitrogens is 1. The van der Waals surface area contributed by atoms with Crippen molar-refractivity contribution in [1.29, 1.82) is 0 Å². The Morgan fingerprint density at radius 3 is 3.00 bits per heavy atom. The molecule has 1 fully saturated rings. The van der Waals surface area contributed by atoms with Crippen molar-refractivity contribution in [3.8, 4) is 0 Å². The number of hydrogen-bond donors (Lipinski definition) is 1. The van der Waals surface area contributed by atoms with Crippen LogP contribution in [0, 0.1) is 0 Å². The minimum absolute atomic E-state index is 0.335. The van der Waals surface area contributed by atoms with E-state index in [1.165, 1.54) is 0 Å². The standard InChI is InChI=1S/C12H16N4O/c1-16(2)12-9-3-5-13-11(9)14-10(15-12)8-4-6-17-7-8/h3,5,8H,4,6-7H2,1-2H3,(H,13,14,15). The largest absolute Gasteiger partial charge is 0.381 e. The molecular formula is C12H16N4O. The van der Waals surface area contributed by atoms with Crippen LogP contribution in [0.5, 0.6) is 0 Å². The van der Waals surface area contributed by atoms with Crippen molar-refractivity contribution in [2.75, 3.05) is 32.2 Å². The van der Waals surface area contributed by atoms with Gasteiger partial charge < -0.3 is 14.6 Å². The number of hydrogen-bond acceptors (Lipinski definition) is 4. The summed E-state index contributed by atoms with van der Waals surface area (Å²) in [5.74, 6) is 2.20. The molecule has 0 radical (unpaired) electrons. The van der Waals surface area contributed by atoms with E-state index in [1.807, 2.05) is 31.3 Å². The van der Waals surface area contributed by atoms with Gasteiger partial charge in [-0.1, -0.05) is 0 Å². The SMILES string of the molecule is CN(C)c1nc(C2CCOC2)nc2[nH]ccc12. The minimum Gasteiger partial charge on any atom is -0.381 e. The summed E-state index contributed by atoms with van der Waals surface area (Å²) in [7, 11) is 4.01. The molecule has 0 saturated carbocycles. The summed E-state index contributed by atoms with van der Waals surface area (Å²) in [6.45, 7) is 1.55. The van der Waals surface area contributed by atoms with Gasteiger partial charge in [0, 0.05) is 32.8 Å². The van der Waals surface area contributed by atoms with Gasteiger partial charge in [-0.2, -0.15) is 0 Å². The van der Waals surface area contributed by atoms with Gasteiger partial charge in [-0.05, 0) is 12.5 Å². The van der Waals surface area contributed by atoms with Crippen LogP contribution in [0.15, 0.2) is 12.3 Å². The zero-order chi connectivity index (χ0) is 11.8. The minimum atomic E-state index is 0.335. The molecule has 2 aromatic rings. The number of rotatable bonds is 2. The van der Waals surface area contributed by atoms with E-state index < -0.39 is 0 Å². The molecule has 1 N–H and O–H groups in total. The van der Waals surface area contributed by atoms with Gasteiger partial charge in [0.1, 0.15) is 17.3 Å². The molecule has 0 spiro atoms. The molecule has 5 heteroatoms. The van der Waals surface area contributed by atoms with Gasteiger partial charge in [-0.3, -0.25) is 0 Å². The Morgan fingerprint density at radius 2 is 2.29 bits per heavy atom. The molecule has 3 rings (SSSR count). The van der Waals surface area contributed by atoms with Gasteiger partial charge in [0.15, 0.2) is 0 Å². The normalized spacial score (nSPS) is 20.0. The van der Waals surface area contributed by atoms with E-state index in [9.17, 15) is 0 Å². The van der Waals surface area contributed by atoms with Gasteiger partial charge in [0.05, 0.1) is 12.0 Å². The second-order valence-corrected chi connectivity index (χ2v) is 4.60. The maximum absolute atomic E-state index is 5.40. The van der Waals surface area contributed by atoms with E-state index in [2.05, 4.69) is 15.0 Å². The molecule has 3 heterocycles.